The molecular formula is C13H17Cl2NO4. The van der Waals surface area contributed by atoms with Crippen LogP contribution in [-0.4, -0.2) is 36.9 Å². The van der Waals surface area contributed by atoms with Gasteiger partial charge >= 0.3 is 0 Å². The molecule has 7 heteroatoms. The molecule has 0 saturated heterocycles. The smallest absolute Gasteiger partial charge is 0.222 e. The van der Waals surface area contributed by atoms with E-state index in [0.29, 0.717) is 28.3 Å². The summed E-state index contributed by atoms with van der Waals surface area (Å²) in [6.07, 6.45) is -0.817. The fourth-order valence-corrected chi connectivity index (χ4v) is 1.54. The van der Waals surface area contributed by atoms with E-state index < -0.39 is 6.10 Å². The highest BCUT2D eigenvalue weighted by atomic mass is 35.5. The zero-order valence-corrected chi connectivity index (χ0v) is 12.8. The molecule has 0 aliphatic carbocycles. The van der Waals surface area contributed by atoms with Crippen LogP contribution >= 0.6 is 23.2 Å². The van der Waals surface area contributed by atoms with E-state index in [-0.39, 0.29) is 13.2 Å². The third kappa shape index (κ3) is 6.32. The van der Waals surface area contributed by atoms with E-state index in [1.807, 2.05) is 6.92 Å². The van der Waals surface area contributed by atoms with Crippen LogP contribution in [0, 0.1) is 0 Å². The lowest BCUT2D eigenvalue weighted by atomic mass is 10.3. The number of aliphatic hydroxyl groups is 1. The third-order valence-electron chi connectivity index (χ3n) is 2.15. The van der Waals surface area contributed by atoms with Crippen molar-refractivity contribution < 1.29 is 19.4 Å². The predicted octanol–water partition coefficient (Wildman–Crippen LogP) is 3.12. The summed E-state index contributed by atoms with van der Waals surface area (Å²) in [7, 11) is 0. The van der Waals surface area contributed by atoms with Crippen LogP contribution in [0.5, 0.6) is 5.75 Å². The Labute approximate surface area is 128 Å². The Morgan fingerprint density at radius 1 is 1.30 bits per heavy atom. The summed E-state index contributed by atoms with van der Waals surface area (Å²) in [5.74, 6) is 0.928. The van der Waals surface area contributed by atoms with Crippen molar-refractivity contribution in [1.82, 2.24) is 0 Å². The van der Waals surface area contributed by atoms with Crippen molar-refractivity contribution >= 4 is 29.1 Å². The molecule has 1 atom stereocenters. The summed E-state index contributed by atoms with van der Waals surface area (Å²) < 4.78 is 10.4. The molecule has 112 valence electrons. The van der Waals surface area contributed by atoms with Crippen molar-refractivity contribution in [1.29, 1.82) is 0 Å². The van der Waals surface area contributed by atoms with Crippen molar-refractivity contribution in [2.45, 2.75) is 20.0 Å². The van der Waals surface area contributed by atoms with Gasteiger partial charge in [-0.3, -0.25) is 0 Å². The summed E-state index contributed by atoms with van der Waals surface area (Å²) in [6, 6.07) is 4.87. The molecule has 1 unspecified atom stereocenters. The first-order chi connectivity index (χ1) is 9.52. The number of halogens is 2. The van der Waals surface area contributed by atoms with Gasteiger partial charge in [0.05, 0.1) is 16.7 Å². The Kier molecular flexibility index (Phi) is 7.51. The molecule has 0 heterocycles. The Hall–Kier alpha value is -1.17. The Morgan fingerprint density at radius 3 is 2.70 bits per heavy atom. The van der Waals surface area contributed by atoms with Crippen LogP contribution in [0.15, 0.2) is 23.4 Å². The molecular weight excluding hydrogens is 305 g/mol. The van der Waals surface area contributed by atoms with E-state index in [9.17, 15) is 5.11 Å². The lowest BCUT2D eigenvalue weighted by molar-refractivity contribution is 0.0117. The van der Waals surface area contributed by atoms with Gasteiger partial charge in [-0.15, -0.1) is 0 Å². The topological polar surface area (TPSA) is 60.3 Å². The fraction of sp³-hybridized carbons (Fsp3) is 0.462. The maximum absolute atomic E-state index is 9.66. The van der Waals surface area contributed by atoms with Crippen molar-refractivity contribution in [2.75, 3.05) is 19.8 Å². The minimum absolute atomic E-state index is 0.00569. The normalized spacial score (nSPS) is 12.9. The molecule has 1 aromatic rings. The highest BCUT2D eigenvalue weighted by Gasteiger charge is 2.07. The number of nitrogens with zero attached hydrogens (tertiary/aromatic N) is 1. The number of hydrogen-bond acceptors (Lipinski definition) is 5. The molecule has 0 saturated carbocycles. The monoisotopic (exact) mass is 321 g/mol. The lowest BCUT2D eigenvalue weighted by Gasteiger charge is -2.12. The SMILES string of the molecule is CCOC(C)=NOCC(O)COc1ccc(Cl)c(Cl)c1. The number of aliphatic hydroxyl groups excluding tert-OH is 1. The van der Waals surface area contributed by atoms with Gasteiger partial charge < -0.3 is 19.4 Å². The zero-order valence-electron chi connectivity index (χ0n) is 11.3. The van der Waals surface area contributed by atoms with Crippen LogP contribution < -0.4 is 4.74 Å². The average molecular weight is 322 g/mol. The van der Waals surface area contributed by atoms with Crippen LogP contribution in [-0.2, 0) is 9.57 Å². The summed E-state index contributed by atoms with van der Waals surface area (Å²) in [5, 5.41) is 14.2. The second kappa shape index (κ2) is 8.89. The maximum Gasteiger partial charge on any atom is 0.222 e. The average Bonchev–Trinajstić information content (AvgIpc) is 2.40. The standard InChI is InChI=1S/C13H17Cl2NO4/c1-3-18-9(2)16-20-8-10(17)7-19-11-4-5-12(14)13(15)6-11/h4-6,10,17H,3,7-8H2,1-2H3. The highest BCUT2D eigenvalue weighted by molar-refractivity contribution is 6.42. The van der Waals surface area contributed by atoms with E-state index in [1.165, 1.54) is 0 Å². The Morgan fingerprint density at radius 2 is 2.05 bits per heavy atom. The van der Waals surface area contributed by atoms with Crippen LogP contribution in [0.4, 0.5) is 0 Å². The first-order valence-corrected chi connectivity index (χ1v) is 6.83. The predicted molar refractivity (Wildman–Crippen MR) is 78.7 cm³/mol. The van der Waals surface area contributed by atoms with Gasteiger partial charge in [-0.2, -0.15) is 0 Å². The number of ether oxygens (including phenoxy) is 2. The van der Waals surface area contributed by atoms with Gasteiger partial charge in [0.2, 0.25) is 5.90 Å². The van der Waals surface area contributed by atoms with Crippen molar-refractivity contribution in [2.24, 2.45) is 5.16 Å². The van der Waals surface area contributed by atoms with Crippen molar-refractivity contribution in [3.63, 3.8) is 0 Å². The van der Waals surface area contributed by atoms with Crippen LogP contribution in [0.2, 0.25) is 10.0 Å². The van der Waals surface area contributed by atoms with Gasteiger partial charge in [0.15, 0.2) is 0 Å². The third-order valence-corrected chi connectivity index (χ3v) is 2.89. The fourth-order valence-electron chi connectivity index (χ4n) is 1.26. The van der Waals surface area contributed by atoms with E-state index in [1.54, 1.807) is 25.1 Å². The second-order valence-electron chi connectivity index (χ2n) is 3.88. The van der Waals surface area contributed by atoms with E-state index in [2.05, 4.69) is 5.16 Å². The first-order valence-electron chi connectivity index (χ1n) is 6.08. The van der Waals surface area contributed by atoms with E-state index >= 15 is 0 Å². The van der Waals surface area contributed by atoms with Gasteiger partial charge in [0.1, 0.15) is 25.1 Å². The lowest BCUT2D eigenvalue weighted by Crippen LogP contribution is -2.22. The molecule has 1 N–H and O–H groups in total. The molecule has 0 spiro atoms. The molecule has 1 aromatic carbocycles. The first kappa shape index (κ1) is 16.9. The molecule has 0 fully saturated rings. The molecule has 0 amide bonds. The molecule has 0 aliphatic heterocycles. The number of oxime groups is 1. The summed E-state index contributed by atoms with van der Waals surface area (Å²) in [6.45, 7) is 4.09. The molecule has 0 radical (unpaired) electrons. The Balaban J connectivity index is 2.30. The molecule has 5 nitrogen and oxygen atoms in total. The number of rotatable bonds is 7. The van der Waals surface area contributed by atoms with Crippen LogP contribution in [0.3, 0.4) is 0 Å². The van der Waals surface area contributed by atoms with E-state index in [4.69, 9.17) is 37.5 Å². The summed E-state index contributed by atoms with van der Waals surface area (Å²) in [5.41, 5.74) is 0. The summed E-state index contributed by atoms with van der Waals surface area (Å²) in [4.78, 5) is 4.93. The van der Waals surface area contributed by atoms with E-state index in [0.717, 1.165) is 0 Å². The largest absolute Gasteiger partial charge is 0.491 e. The summed E-state index contributed by atoms with van der Waals surface area (Å²) >= 11 is 11.6. The number of hydrogen-bond donors (Lipinski definition) is 1. The van der Waals surface area contributed by atoms with Gasteiger partial charge in [-0.1, -0.05) is 28.4 Å². The van der Waals surface area contributed by atoms with Gasteiger partial charge in [-0.05, 0) is 19.1 Å². The van der Waals surface area contributed by atoms with Gasteiger partial charge in [0, 0.05) is 13.0 Å². The van der Waals surface area contributed by atoms with Crippen LogP contribution in [0.25, 0.3) is 0 Å². The van der Waals surface area contributed by atoms with Crippen molar-refractivity contribution in [3.05, 3.63) is 28.2 Å². The molecule has 0 aromatic heterocycles. The molecule has 20 heavy (non-hydrogen) atoms. The molecule has 1 rings (SSSR count). The van der Waals surface area contributed by atoms with Crippen molar-refractivity contribution in [3.8, 4) is 5.75 Å². The highest BCUT2D eigenvalue weighted by Crippen LogP contribution is 2.26. The van der Waals surface area contributed by atoms with Crippen LogP contribution in [0.1, 0.15) is 13.8 Å². The quantitative estimate of drug-likeness (QED) is 0.476. The number of benzene rings is 1. The molecule has 0 bridgehead atoms. The maximum atomic E-state index is 9.66. The van der Waals surface area contributed by atoms with Gasteiger partial charge in [-0.25, -0.2) is 0 Å². The zero-order chi connectivity index (χ0) is 15.0. The Bertz CT molecular complexity index is 454. The molecule has 0 aliphatic rings. The van der Waals surface area contributed by atoms with Gasteiger partial charge in [0.25, 0.3) is 0 Å². The second-order valence-corrected chi connectivity index (χ2v) is 4.69. The minimum Gasteiger partial charge on any atom is -0.491 e. The minimum atomic E-state index is -0.817.